The first-order chi connectivity index (χ1) is 11.7. The molecule has 3 nitrogen and oxygen atoms in total. The highest BCUT2D eigenvalue weighted by molar-refractivity contribution is 5.86. The van der Waals surface area contributed by atoms with Crippen molar-refractivity contribution in [3.05, 3.63) is 48.0 Å². The van der Waals surface area contributed by atoms with Crippen molar-refractivity contribution in [2.45, 2.75) is 50.7 Å². The molecule has 1 aliphatic rings. The van der Waals surface area contributed by atoms with Crippen LogP contribution in [0.5, 0.6) is 0 Å². The van der Waals surface area contributed by atoms with Crippen LogP contribution in [0.25, 0.3) is 10.8 Å². The third-order valence-corrected chi connectivity index (χ3v) is 5.28. The largest absolute Gasteiger partial charge is 0.389 e. The van der Waals surface area contributed by atoms with E-state index < -0.39 is 5.60 Å². The number of benzene rings is 2. The lowest BCUT2D eigenvalue weighted by molar-refractivity contribution is 0.00516. The molecule has 2 aromatic rings. The van der Waals surface area contributed by atoms with E-state index in [-0.39, 0.29) is 0 Å². The van der Waals surface area contributed by atoms with E-state index in [0.717, 1.165) is 45.3 Å². The third kappa shape index (κ3) is 4.35. The molecule has 1 saturated carbocycles. The lowest BCUT2D eigenvalue weighted by Crippen LogP contribution is -2.43. The van der Waals surface area contributed by atoms with Crippen molar-refractivity contribution in [1.29, 1.82) is 0 Å². The SMILES string of the molecule is CC(NCCNCC1(O)CCCCC1)c1cccc2ccccc12. The van der Waals surface area contributed by atoms with Gasteiger partial charge in [-0.2, -0.15) is 0 Å². The van der Waals surface area contributed by atoms with Crippen LogP contribution >= 0.6 is 0 Å². The van der Waals surface area contributed by atoms with Gasteiger partial charge >= 0.3 is 0 Å². The van der Waals surface area contributed by atoms with E-state index in [1.165, 1.54) is 22.8 Å². The van der Waals surface area contributed by atoms with Gasteiger partial charge in [-0.25, -0.2) is 0 Å². The fraction of sp³-hybridized carbons (Fsp3) is 0.524. The molecule has 3 heteroatoms. The minimum atomic E-state index is -0.473. The van der Waals surface area contributed by atoms with Gasteiger partial charge in [0.05, 0.1) is 5.60 Å². The maximum Gasteiger partial charge on any atom is 0.0771 e. The first-order valence-corrected chi connectivity index (χ1v) is 9.32. The molecule has 1 aliphatic carbocycles. The first-order valence-electron chi connectivity index (χ1n) is 9.32. The molecular formula is C21H30N2O. The summed E-state index contributed by atoms with van der Waals surface area (Å²) in [5.74, 6) is 0. The zero-order valence-corrected chi connectivity index (χ0v) is 14.7. The van der Waals surface area contributed by atoms with Gasteiger partial charge in [0.25, 0.3) is 0 Å². The van der Waals surface area contributed by atoms with Gasteiger partial charge in [0.1, 0.15) is 0 Å². The predicted octanol–water partition coefficient (Wildman–Crippen LogP) is 3.78. The highest BCUT2D eigenvalue weighted by Gasteiger charge is 2.28. The molecule has 3 N–H and O–H groups in total. The fourth-order valence-electron chi connectivity index (χ4n) is 3.82. The van der Waals surface area contributed by atoms with Crippen molar-refractivity contribution in [3.8, 4) is 0 Å². The van der Waals surface area contributed by atoms with E-state index in [1.54, 1.807) is 0 Å². The molecule has 0 bridgehead atoms. The summed E-state index contributed by atoms with van der Waals surface area (Å²) in [6.45, 7) is 4.73. The van der Waals surface area contributed by atoms with Crippen molar-refractivity contribution in [3.63, 3.8) is 0 Å². The van der Waals surface area contributed by atoms with E-state index in [0.29, 0.717) is 6.04 Å². The van der Waals surface area contributed by atoms with Crippen LogP contribution in [0.15, 0.2) is 42.5 Å². The van der Waals surface area contributed by atoms with Crippen molar-refractivity contribution in [2.75, 3.05) is 19.6 Å². The summed E-state index contributed by atoms with van der Waals surface area (Å²) in [5.41, 5.74) is 0.874. The van der Waals surface area contributed by atoms with Crippen LogP contribution in [-0.4, -0.2) is 30.3 Å². The number of hydrogen-bond donors (Lipinski definition) is 3. The number of hydrogen-bond acceptors (Lipinski definition) is 3. The molecule has 0 aliphatic heterocycles. The van der Waals surface area contributed by atoms with Crippen LogP contribution in [0.3, 0.4) is 0 Å². The summed E-state index contributed by atoms with van der Waals surface area (Å²) in [5, 5.41) is 20.1. The van der Waals surface area contributed by atoms with Crippen molar-refractivity contribution in [2.24, 2.45) is 0 Å². The highest BCUT2D eigenvalue weighted by Crippen LogP contribution is 2.27. The zero-order valence-electron chi connectivity index (χ0n) is 14.7. The summed E-state index contributed by atoms with van der Waals surface area (Å²) in [6, 6.07) is 15.4. The van der Waals surface area contributed by atoms with Gasteiger partial charge in [0, 0.05) is 25.7 Å². The van der Waals surface area contributed by atoms with E-state index in [4.69, 9.17) is 0 Å². The number of fused-ring (bicyclic) bond motifs is 1. The van der Waals surface area contributed by atoms with Crippen LogP contribution in [0.4, 0.5) is 0 Å². The molecule has 1 atom stereocenters. The summed E-state index contributed by atoms with van der Waals surface area (Å²) in [4.78, 5) is 0. The van der Waals surface area contributed by atoms with Crippen molar-refractivity contribution >= 4 is 10.8 Å². The zero-order chi connectivity index (χ0) is 16.8. The van der Waals surface area contributed by atoms with Gasteiger partial charge < -0.3 is 15.7 Å². The second-order valence-corrected chi connectivity index (χ2v) is 7.21. The Kier molecular flexibility index (Phi) is 5.88. The molecule has 1 fully saturated rings. The molecule has 0 amide bonds. The van der Waals surface area contributed by atoms with E-state index in [9.17, 15) is 5.11 Å². The molecule has 2 aromatic carbocycles. The normalized spacial score (nSPS) is 18.6. The van der Waals surface area contributed by atoms with Gasteiger partial charge in [0.2, 0.25) is 0 Å². The van der Waals surface area contributed by atoms with Gasteiger partial charge in [-0.1, -0.05) is 61.7 Å². The quantitative estimate of drug-likeness (QED) is 0.679. The maximum absolute atomic E-state index is 10.5. The van der Waals surface area contributed by atoms with Gasteiger partial charge in [-0.05, 0) is 36.1 Å². The molecule has 130 valence electrons. The maximum atomic E-state index is 10.5. The lowest BCUT2D eigenvalue weighted by atomic mass is 9.85. The summed E-state index contributed by atoms with van der Waals surface area (Å²) < 4.78 is 0. The molecule has 0 radical (unpaired) electrons. The van der Waals surface area contributed by atoms with E-state index in [1.807, 2.05) is 0 Å². The Morgan fingerprint density at radius 3 is 2.58 bits per heavy atom. The Balaban J connectivity index is 1.46. The van der Waals surface area contributed by atoms with Crippen LogP contribution in [0.2, 0.25) is 0 Å². The standard InChI is InChI=1S/C21H30N2O/c1-17(19-11-7-9-18-8-3-4-10-20(18)19)23-15-14-22-16-21(24)12-5-2-6-13-21/h3-4,7-11,17,22-24H,2,5-6,12-16H2,1H3. The second-order valence-electron chi connectivity index (χ2n) is 7.21. The third-order valence-electron chi connectivity index (χ3n) is 5.28. The minimum Gasteiger partial charge on any atom is -0.389 e. The molecular weight excluding hydrogens is 296 g/mol. The smallest absolute Gasteiger partial charge is 0.0771 e. The summed E-state index contributed by atoms with van der Waals surface area (Å²) >= 11 is 0. The average molecular weight is 326 g/mol. The van der Waals surface area contributed by atoms with Gasteiger partial charge in [-0.15, -0.1) is 0 Å². The summed E-state index contributed by atoms with van der Waals surface area (Å²) in [6.07, 6.45) is 5.48. The Labute approximate surface area is 145 Å². The van der Waals surface area contributed by atoms with Crippen LogP contribution in [0.1, 0.15) is 50.6 Å². The molecule has 0 heterocycles. The Bertz CT molecular complexity index is 644. The number of rotatable bonds is 7. The average Bonchev–Trinajstić information content (AvgIpc) is 2.61. The monoisotopic (exact) mass is 326 g/mol. The molecule has 0 saturated heterocycles. The topological polar surface area (TPSA) is 44.3 Å². The lowest BCUT2D eigenvalue weighted by Gasteiger charge is -2.32. The summed E-state index contributed by atoms with van der Waals surface area (Å²) in [7, 11) is 0. The van der Waals surface area contributed by atoms with Gasteiger partial charge in [-0.3, -0.25) is 0 Å². The molecule has 0 aromatic heterocycles. The molecule has 24 heavy (non-hydrogen) atoms. The predicted molar refractivity (Wildman–Crippen MR) is 101 cm³/mol. The van der Waals surface area contributed by atoms with Crippen LogP contribution in [0, 0.1) is 0 Å². The van der Waals surface area contributed by atoms with E-state index in [2.05, 4.69) is 60.0 Å². The van der Waals surface area contributed by atoms with Crippen molar-refractivity contribution < 1.29 is 5.11 Å². The molecule has 0 spiro atoms. The fourth-order valence-corrected chi connectivity index (χ4v) is 3.82. The molecule has 1 unspecified atom stereocenters. The Morgan fingerprint density at radius 2 is 1.75 bits per heavy atom. The Hall–Kier alpha value is -1.42. The Morgan fingerprint density at radius 1 is 1.00 bits per heavy atom. The molecule has 3 rings (SSSR count). The first kappa shape index (κ1) is 17.4. The van der Waals surface area contributed by atoms with Crippen LogP contribution in [-0.2, 0) is 0 Å². The number of nitrogens with one attached hydrogen (secondary N) is 2. The minimum absolute atomic E-state index is 0.315. The van der Waals surface area contributed by atoms with E-state index >= 15 is 0 Å². The van der Waals surface area contributed by atoms with Crippen LogP contribution < -0.4 is 10.6 Å². The van der Waals surface area contributed by atoms with Crippen molar-refractivity contribution in [1.82, 2.24) is 10.6 Å². The van der Waals surface area contributed by atoms with Gasteiger partial charge in [0.15, 0.2) is 0 Å². The number of aliphatic hydroxyl groups is 1. The second kappa shape index (κ2) is 8.11. The highest BCUT2D eigenvalue weighted by atomic mass is 16.3.